The summed E-state index contributed by atoms with van der Waals surface area (Å²) in [4.78, 5) is 46.1. The number of benzene rings is 2. The number of fused-ring (bicyclic) bond motifs is 3. The topological polar surface area (TPSA) is 205 Å². The van der Waals surface area contributed by atoms with Gasteiger partial charge in [-0.2, -0.15) is 0 Å². The first-order chi connectivity index (χ1) is 22.4. The number of ether oxygens (including phenoxy) is 4. The fraction of sp³-hybridized carbons (Fsp3) is 0.531. The molecule has 0 radical (unpaired) electrons. The van der Waals surface area contributed by atoms with Crippen LogP contribution in [0.1, 0.15) is 68.8 Å². The molecule has 4 unspecified atom stereocenters. The van der Waals surface area contributed by atoms with Crippen LogP contribution in [-0.4, -0.2) is 130 Å². The van der Waals surface area contributed by atoms with Gasteiger partial charge in [-0.25, -0.2) is 5.01 Å². The largest absolute Gasteiger partial charge is 0.507 e. The van der Waals surface area contributed by atoms with E-state index in [1.54, 1.807) is 6.92 Å². The Morgan fingerprint density at radius 3 is 2.45 bits per heavy atom. The summed E-state index contributed by atoms with van der Waals surface area (Å²) >= 11 is 0. The molecule has 6 rings (SSSR count). The average Bonchev–Trinajstić information content (AvgIpc) is 3.07. The quantitative estimate of drug-likeness (QED) is 0.161. The van der Waals surface area contributed by atoms with Crippen LogP contribution >= 0.6 is 0 Å². The van der Waals surface area contributed by atoms with E-state index in [2.05, 4.69) is 0 Å². The summed E-state index contributed by atoms with van der Waals surface area (Å²) in [6.45, 7) is 2.52. The Morgan fingerprint density at radius 1 is 1.09 bits per heavy atom. The molecular weight excluding hydrogens is 620 g/mol. The van der Waals surface area contributed by atoms with Crippen molar-refractivity contribution in [2.45, 2.75) is 62.4 Å². The second kappa shape index (κ2) is 12.8. The normalized spacial score (nSPS) is 29.3. The molecule has 2 aliphatic carbocycles. The van der Waals surface area contributed by atoms with E-state index in [4.69, 9.17) is 23.8 Å². The Bertz CT molecular complexity index is 1590. The van der Waals surface area contributed by atoms with Gasteiger partial charge < -0.3 is 44.5 Å². The van der Waals surface area contributed by atoms with E-state index >= 15 is 0 Å². The molecule has 0 aromatic heterocycles. The number of carbonyl (C=O) groups is 3. The van der Waals surface area contributed by atoms with Crippen LogP contribution in [0.4, 0.5) is 0 Å². The predicted molar refractivity (Wildman–Crippen MR) is 159 cm³/mol. The van der Waals surface area contributed by atoms with Crippen molar-refractivity contribution in [2.24, 2.45) is 0 Å². The highest BCUT2D eigenvalue weighted by molar-refractivity contribution is 6.31. The molecule has 4 aliphatic rings. The van der Waals surface area contributed by atoms with Crippen molar-refractivity contribution in [2.75, 3.05) is 47.1 Å². The molecule has 0 bridgehead atoms. The number of nitrogens with zero attached hydrogens (tertiary/aromatic N) is 2. The summed E-state index contributed by atoms with van der Waals surface area (Å²) in [5, 5.41) is 59.1. The molecule has 2 fully saturated rings. The molecule has 254 valence electrons. The van der Waals surface area contributed by atoms with Crippen molar-refractivity contribution in [1.29, 1.82) is 0 Å². The molecule has 0 spiro atoms. The van der Waals surface area contributed by atoms with Crippen LogP contribution < -0.4 is 4.74 Å². The zero-order valence-electron chi connectivity index (χ0n) is 26.2. The summed E-state index contributed by atoms with van der Waals surface area (Å²) in [7, 11) is 2.79. The van der Waals surface area contributed by atoms with Crippen LogP contribution in [0.25, 0.3) is 0 Å². The number of hydroxylamine groups is 1. The SMILES string of the molecule is COc1cccc2c1C(=O)c1c(O)c3c(c(O)c1C2=O)C[C@@](O)(C(=O)CO)C[C@@H]3OC1CC(N(OC)N2CCOCC2)C(O)C(C)O1. The monoisotopic (exact) mass is 658 g/mol. The zero-order chi connectivity index (χ0) is 33.8. The Hall–Kier alpha value is -3.51. The van der Waals surface area contributed by atoms with Crippen LogP contribution in [0.2, 0.25) is 0 Å². The highest BCUT2D eigenvalue weighted by Gasteiger charge is 2.51. The van der Waals surface area contributed by atoms with Gasteiger partial charge in [0.1, 0.15) is 29.5 Å². The van der Waals surface area contributed by atoms with Crippen molar-refractivity contribution in [3.05, 3.63) is 51.6 Å². The van der Waals surface area contributed by atoms with Crippen molar-refractivity contribution >= 4 is 17.3 Å². The lowest BCUT2D eigenvalue weighted by molar-refractivity contribution is -0.350. The highest BCUT2D eigenvalue weighted by Crippen LogP contribution is 2.52. The molecule has 2 aromatic carbocycles. The number of phenolic OH excluding ortho intramolecular Hbond substituents is 2. The fourth-order valence-electron chi connectivity index (χ4n) is 7.12. The smallest absolute Gasteiger partial charge is 0.202 e. The summed E-state index contributed by atoms with van der Waals surface area (Å²) in [6.07, 6.45) is -5.36. The van der Waals surface area contributed by atoms with E-state index in [-0.39, 0.29) is 34.4 Å². The van der Waals surface area contributed by atoms with Gasteiger partial charge in [-0.05, 0) is 13.0 Å². The van der Waals surface area contributed by atoms with E-state index in [9.17, 15) is 39.9 Å². The van der Waals surface area contributed by atoms with Gasteiger partial charge in [-0.3, -0.25) is 19.2 Å². The number of phenols is 2. The number of methoxy groups -OCH3 is 1. The number of carbonyl (C=O) groups excluding carboxylic acids is 3. The second-order valence-corrected chi connectivity index (χ2v) is 12.1. The maximum Gasteiger partial charge on any atom is 0.202 e. The summed E-state index contributed by atoms with van der Waals surface area (Å²) in [6, 6.07) is 3.71. The predicted octanol–water partition coefficient (Wildman–Crippen LogP) is 0.153. The Morgan fingerprint density at radius 2 is 1.79 bits per heavy atom. The number of hydrogen-bond acceptors (Lipinski definition) is 15. The van der Waals surface area contributed by atoms with Gasteiger partial charge in [0.25, 0.3) is 0 Å². The third-order valence-electron chi connectivity index (χ3n) is 9.47. The number of rotatable bonds is 8. The number of ketones is 3. The summed E-state index contributed by atoms with van der Waals surface area (Å²) in [5.74, 6) is -3.81. The molecule has 15 heteroatoms. The Kier molecular flexibility index (Phi) is 9.12. The van der Waals surface area contributed by atoms with E-state index in [1.165, 1.54) is 37.6 Å². The second-order valence-electron chi connectivity index (χ2n) is 12.1. The third kappa shape index (κ3) is 5.50. The van der Waals surface area contributed by atoms with Crippen LogP contribution in [0, 0.1) is 0 Å². The van der Waals surface area contributed by atoms with Crippen LogP contribution in [-0.2, 0) is 30.3 Å². The number of hydrogen-bond donors (Lipinski definition) is 5. The van der Waals surface area contributed by atoms with Crippen molar-refractivity contribution < 1.29 is 63.7 Å². The lowest BCUT2D eigenvalue weighted by atomic mass is 9.72. The number of aliphatic hydroxyl groups excluding tert-OH is 2. The first-order valence-corrected chi connectivity index (χ1v) is 15.3. The number of hydrazine groups is 1. The maximum absolute atomic E-state index is 13.9. The Balaban J connectivity index is 1.43. The van der Waals surface area contributed by atoms with Gasteiger partial charge in [0.2, 0.25) is 5.78 Å². The fourth-order valence-corrected chi connectivity index (χ4v) is 7.12. The molecule has 2 aromatic rings. The molecule has 6 atom stereocenters. The maximum atomic E-state index is 13.9. The lowest BCUT2D eigenvalue weighted by Crippen LogP contribution is -2.61. The number of morpholine rings is 1. The first kappa shape index (κ1) is 33.4. The molecule has 2 saturated heterocycles. The van der Waals surface area contributed by atoms with E-state index < -0.39 is 95.7 Å². The lowest BCUT2D eigenvalue weighted by Gasteiger charge is -2.47. The zero-order valence-corrected chi connectivity index (χ0v) is 26.2. The van der Waals surface area contributed by atoms with E-state index in [0.717, 1.165) is 0 Å². The number of Topliss-reactive ketones (excluding diaryl/α,β-unsaturated/α-hetero) is 1. The van der Waals surface area contributed by atoms with Gasteiger partial charge in [0.15, 0.2) is 17.9 Å². The van der Waals surface area contributed by atoms with E-state index in [1.807, 2.05) is 5.01 Å². The molecule has 5 N–H and O–H groups in total. The van der Waals surface area contributed by atoms with Gasteiger partial charge in [0, 0.05) is 49.0 Å². The molecular formula is C32H38N2O13. The van der Waals surface area contributed by atoms with Crippen molar-refractivity contribution in [3.63, 3.8) is 0 Å². The van der Waals surface area contributed by atoms with E-state index in [0.29, 0.717) is 26.3 Å². The minimum atomic E-state index is -2.28. The molecule has 15 nitrogen and oxygen atoms in total. The van der Waals surface area contributed by atoms with Crippen LogP contribution in [0.15, 0.2) is 18.2 Å². The number of aliphatic hydroxyl groups is 3. The van der Waals surface area contributed by atoms with Crippen molar-refractivity contribution in [1.82, 2.24) is 10.2 Å². The van der Waals surface area contributed by atoms with Gasteiger partial charge in [-0.15, -0.1) is 5.17 Å². The molecule has 47 heavy (non-hydrogen) atoms. The van der Waals surface area contributed by atoms with Gasteiger partial charge in [-0.1, -0.05) is 12.1 Å². The minimum absolute atomic E-state index is 0.0224. The molecule has 0 saturated carbocycles. The van der Waals surface area contributed by atoms with Crippen LogP contribution in [0.5, 0.6) is 17.2 Å². The van der Waals surface area contributed by atoms with Gasteiger partial charge in [0.05, 0.1) is 68.5 Å². The summed E-state index contributed by atoms with van der Waals surface area (Å²) < 4.78 is 23.1. The number of aromatic hydroxyl groups is 2. The highest BCUT2D eigenvalue weighted by atomic mass is 16.7. The molecule has 2 aliphatic heterocycles. The third-order valence-corrected chi connectivity index (χ3v) is 9.47. The average molecular weight is 659 g/mol. The molecule has 0 amide bonds. The Labute approximate surface area is 269 Å². The minimum Gasteiger partial charge on any atom is -0.507 e. The molecule has 2 heterocycles. The van der Waals surface area contributed by atoms with Gasteiger partial charge >= 0.3 is 0 Å². The van der Waals surface area contributed by atoms with Crippen LogP contribution in [0.3, 0.4) is 0 Å². The van der Waals surface area contributed by atoms with Crippen molar-refractivity contribution in [3.8, 4) is 17.2 Å². The standard InChI is InChI=1S/C32H38N2O13/c1-15-27(37)18(34(44-3)33-7-9-45-10-8-33)11-22(46-15)47-20-13-32(42,21(36)14-35)12-17-24(20)31(41)26-25(29(17)39)28(38)16-5-4-6-19(43-2)23(16)30(26)40/h4-6,15,18,20,22,27,35,37,39,41-42H,7-14H2,1-3H3/t15?,18?,20-,22?,27?,32-/m0/s1. The summed E-state index contributed by atoms with van der Waals surface area (Å²) in [5.41, 5.74) is -3.70. The first-order valence-electron chi connectivity index (χ1n) is 15.3.